The summed E-state index contributed by atoms with van der Waals surface area (Å²) in [6.07, 6.45) is 1.73. The maximum absolute atomic E-state index is 5.19. The van der Waals surface area contributed by atoms with Crippen LogP contribution in [-0.2, 0) is 0 Å². The first kappa shape index (κ1) is 12.6. The molecule has 1 aromatic rings. The predicted molar refractivity (Wildman–Crippen MR) is 70.6 cm³/mol. The van der Waals surface area contributed by atoms with Crippen molar-refractivity contribution in [2.24, 2.45) is 0 Å². The topological polar surface area (TPSA) is 50.3 Å². The molecular formula is C11H17BrN4O. The zero-order valence-corrected chi connectivity index (χ0v) is 11.9. The Kier molecular flexibility index (Phi) is 3.83. The molecule has 6 heteroatoms. The van der Waals surface area contributed by atoms with Crippen molar-refractivity contribution in [1.29, 1.82) is 0 Å². The molecule has 1 saturated heterocycles. The average molecular weight is 301 g/mol. The molecule has 0 aliphatic carbocycles. The summed E-state index contributed by atoms with van der Waals surface area (Å²) in [6.45, 7) is 6.15. The molecule has 17 heavy (non-hydrogen) atoms. The second-order valence-corrected chi connectivity index (χ2v) is 5.26. The van der Waals surface area contributed by atoms with Gasteiger partial charge in [0.25, 0.3) is 0 Å². The lowest BCUT2D eigenvalue weighted by Crippen LogP contribution is -2.54. The Morgan fingerprint density at radius 1 is 1.41 bits per heavy atom. The minimum Gasteiger partial charge on any atom is -0.480 e. The van der Waals surface area contributed by atoms with Gasteiger partial charge in [-0.05, 0) is 29.8 Å². The number of hydrogen-bond acceptors (Lipinski definition) is 5. The van der Waals surface area contributed by atoms with Crippen molar-refractivity contribution in [2.75, 3.05) is 25.1 Å². The van der Waals surface area contributed by atoms with E-state index in [1.54, 1.807) is 13.3 Å². The number of halogens is 1. The van der Waals surface area contributed by atoms with Gasteiger partial charge in [0.05, 0.1) is 17.8 Å². The molecule has 0 spiro atoms. The smallest absolute Gasteiger partial charge is 0.232 e. The second-order valence-electron chi connectivity index (χ2n) is 4.40. The maximum atomic E-state index is 5.19. The number of nitrogens with zero attached hydrogens (tertiary/aromatic N) is 3. The lowest BCUT2D eigenvalue weighted by atomic mass is 10.1. The fraction of sp³-hybridized carbons (Fsp3) is 0.636. The van der Waals surface area contributed by atoms with Gasteiger partial charge >= 0.3 is 0 Å². The second kappa shape index (κ2) is 5.18. The van der Waals surface area contributed by atoms with E-state index in [4.69, 9.17) is 4.74 Å². The van der Waals surface area contributed by atoms with E-state index in [0.717, 1.165) is 23.5 Å². The Bertz CT molecular complexity index is 391. The summed E-state index contributed by atoms with van der Waals surface area (Å²) in [5.41, 5.74) is 0. The average Bonchev–Trinajstić information content (AvgIpc) is 2.28. The zero-order chi connectivity index (χ0) is 12.4. The highest BCUT2D eigenvalue weighted by Crippen LogP contribution is 2.24. The lowest BCUT2D eigenvalue weighted by Gasteiger charge is -2.36. The quantitative estimate of drug-likeness (QED) is 0.895. The summed E-state index contributed by atoms with van der Waals surface area (Å²) in [5, 5.41) is 3.48. The highest BCUT2D eigenvalue weighted by molar-refractivity contribution is 9.10. The SMILES string of the molecule is COc1nc(N2CC(C)NC(C)C2)ncc1Br. The van der Waals surface area contributed by atoms with Crippen LogP contribution in [0.25, 0.3) is 0 Å². The van der Waals surface area contributed by atoms with Gasteiger partial charge in [-0.15, -0.1) is 0 Å². The minimum absolute atomic E-state index is 0.442. The highest BCUT2D eigenvalue weighted by atomic mass is 79.9. The van der Waals surface area contributed by atoms with Crippen molar-refractivity contribution < 1.29 is 4.74 Å². The van der Waals surface area contributed by atoms with Gasteiger partial charge in [0, 0.05) is 25.2 Å². The van der Waals surface area contributed by atoms with Crippen LogP contribution >= 0.6 is 15.9 Å². The fourth-order valence-electron chi connectivity index (χ4n) is 2.13. The first-order valence-corrected chi connectivity index (χ1v) is 6.47. The molecule has 94 valence electrons. The number of aromatic nitrogens is 2. The molecule has 5 nitrogen and oxygen atoms in total. The molecular weight excluding hydrogens is 284 g/mol. The number of nitrogens with one attached hydrogen (secondary N) is 1. The molecule has 2 unspecified atom stereocenters. The molecule has 2 atom stereocenters. The highest BCUT2D eigenvalue weighted by Gasteiger charge is 2.23. The normalized spacial score (nSPS) is 24.8. The van der Waals surface area contributed by atoms with Gasteiger partial charge in [-0.2, -0.15) is 4.98 Å². The first-order chi connectivity index (χ1) is 8.10. The summed E-state index contributed by atoms with van der Waals surface area (Å²) in [4.78, 5) is 10.9. The van der Waals surface area contributed by atoms with E-state index in [1.807, 2.05) is 0 Å². The molecule has 1 aliphatic rings. The Morgan fingerprint density at radius 3 is 2.65 bits per heavy atom. The molecule has 1 N–H and O–H groups in total. The molecule has 0 radical (unpaired) electrons. The molecule has 0 bridgehead atoms. The van der Waals surface area contributed by atoms with Crippen molar-refractivity contribution >= 4 is 21.9 Å². The number of piperazine rings is 1. The van der Waals surface area contributed by atoms with Crippen LogP contribution in [0, 0.1) is 0 Å². The number of methoxy groups -OCH3 is 1. The third kappa shape index (κ3) is 2.87. The summed E-state index contributed by atoms with van der Waals surface area (Å²) in [6, 6.07) is 0.883. The van der Waals surface area contributed by atoms with E-state index < -0.39 is 0 Å². The Balaban J connectivity index is 2.21. The molecule has 1 aromatic heterocycles. The number of rotatable bonds is 2. The van der Waals surface area contributed by atoms with E-state index in [0.29, 0.717) is 18.0 Å². The van der Waals surface area contributed by atoms with Gasteiger partial charge in [-0.3, -0.25) is 0 Å². The summed E-state index contributed by atoms with van der Waals surface area (Å²) >= 11 is 3.36. The van der Waals surface area contributed by atoms with Gasteiger partial charge in [0.1, 0.15) is 0 Å². The van der Waals surface area contributed by atoms with Crippen LogP contribution in [0.3, 0.4) is 0 Å². The van der Waals surface area contributed by atoms with Gasteiger partial charge in [0.2, 0.25) is 11.8 Å². The molecule has 1 fully saturated rings. The van der Waals surface area contributed by atoms with Crippen molar-refractivity contribution in [2.45, 2.75) is 25.9 Å². The Hall–Kier alpha value is -0.880. The molecule has 0 amide bonds. The largest absolute Gasteiger partial charge is 0.480 e. The van der Waals surface area contributed by atoms with E-state index in [1.165, 1.54) is 0 Å². The fourth-order valence-corrected chi connectivity index (χ4v) is 2.48. The van der Waals surface area contributed by atoms with E-state index in [2.05, 4.69) is 50.0 Å². The molecule has 0 saturated carbocycles. The Labute approximate surface area is 110 Å². The van der Waals surface area contributed by atoms with Crippen LogP contribution in [0.4, 0.5) is 5.95 Å². The summed E-state index contributed by atoms with van der Waals surface area (Å²) in [7, 11) is 1.61. The number of anilines is 1. The van der Waals surface area contributed by atoms with E-state index >= 15 is 0 Å². The third-order valence-corrected chi connectivity index (χ3v) is 3.28. The van der Waals surface area contributed by atoms with E-state index in [9.17, 15) is 0 Å². The zero-order valence-electron chi connectivity index (χ0n) is 10.3. The number of hydrogen-bond donors (Lipinski definition) is 1. The molecule has 0 aromatic carbocycles. The van der Waals surface area contributed by atoms with Gasteiger partial charge in [0.15, 0.2) is 0 Å². The van der Waals surface area contributed by atoms with Gasteiger partial charge in [-0.25, -0.2) is 4.98 Å². The maximum Gasteiger partial charge on any atom is 0.232 e. The predicted octanol–water partition coefficient (Wildman–Crippen LogP) is 1.43. The first-order valence-electron chi connectivity index (χ1n) is 5.67. The van der Waals surface area contributed by atoms with Crippen LogP contribution in [-0.4, -0.2) is 42.3 Å². The number of ether oxygens (including phenoxy) is 1. The van der Waals surface area contributed by atoms with Crippen molar-refractivity contribution in [3.05, 3.63) is 10.7 Å². The van der Waals surface area contributed by atoms with Crippen LogP contribution in [0.1, 0.15) is 13.8 Å². The minimum atomic E-state index is 0.442. The van der Waals surface area contributed by atoms with Crippen LogP contribution < -0.4 is 15.0 Å². The van der Waals surface area contributed by atoms with Crippen molar-refractivity contribution in [3.63, 3.8) is 0 Å². The standard InChI is InChI=1S/C11H17BrN4O/c1-7-5-16(6-8(2)14-7)11-13-4-9(12)10(15-11)17-3/h4,7-8,14H,5-6H2,1-3H3. The van der Waals surface area contributed by atoms with Gasteiger partial charge in [-0.1, -0.05) is 0 Å². The van der Waals surface area contributed by atoms with Crippen LogP contribution in [0.2, 0.25) is 0 Å². The van der Waals surface area contributed by atoms with Crippen molar-refractivity contribution in [3.8, 4) is 5.88 Å². The molecule has 1 aliphatic heterocycles. The Morgan fingerprint density at radius 2 is 2.06 bits per heavy atom. The van der Waals surface area contributed by atoms with Crippen molar-refractivity contribution in [1.82, 2.24) is 15.3 Å². The third-order valence-electron chi connectivity index (χ3n) is 2.73. The lowest BCUT2D eigenvalue weighted by molar-refractivity contribution is 0.385. The van der Waals surface area contributed by atoms with Crippen LogP contribution in [0.5, 0.6) is 5.88 Å². The molecule has 2 rings (SSSR count). The summed E-state index contributed by atoms with van der Waals surface area (Å²) < 4.78 is 5.97. The van der Waals surface area contributed by atoms with Gasteiger partial charge < -0.3 is 15.0 Å². The monoisotopic (exact) mass is 300 g/mol. The van der Waals surface area contributed by atoms with E-state index in [-0.39, 0.29) is 0 Å². The van der Waals surface area contributed by atoms with Crippen LogP contribution in [0.15, 0.2) is 10.7 Å². The molecule has 2 heterocycles. The summed E-state index contributed by atoms with van der Waals surface area (Å²) in [5.74, 6) is 1.30.